The third-order valence-electron chi connectivity index (χ3n) is 6.60. The fourth-order valence-electron chi connectivity index (χ4n) is 4.15. The van der Waals surface area contributed by atoms with Crippen molar-refractivity contribution in [3.63, 3.8) is 0 Å². The van der Waals surface area contributed by atoms with E-state index in [9.17, 15) is 24.0 Å². The van der Waals surface area contributed by atoms with Crippen LogP contribution in [0, 0.1) is 0 Å². The van der Waals surface area contributed by atoms with Gasteiger partial charge in [0.25, 0.3) is 0 Å². The number of para-hydroxylation sites is 1. The zero-order valence-electron chi connectivity index (χ0n) is 23.1. The van der Waals surface area contributed by atoms with Crippen LogP contribution >= 0.6 is 0 Å². The molecule has 0 aliphatic heterocycles. The molecule has 8 N–H and O–H groups in total. The normalized spacial score (nSPS) is 14.6. The van der Waals surface area contributed by atoms with Gasteiger partial charge >= 0.3 is 5.97 Å². The maximum atomic E-state index is 13.4. The molecule has 0 aliphatic rings. The van der Waals surface area contributed by atoms with Crippen molar-refractivity contribution in [1.29, 1.82) is 0 Å². The third kappa shape index (κ3) is 8.64. The molecule has 0 fully saturated rings. The Morgan fingerprint density at radius 3 is 1.93 bits per heavy atom. The maximum absolute atomic E-state index is 13.4. The average Bonchev–Trinajstić information content (AvgIpc) is 3.35. The van der Waals surface area contributed by atoms with Gasteiger partial charge in [0.2, 0.25) is 23.6 Å². The Morgan fingerprint density at radius 1 is 0.732 bits per heavy atom. The highest BCUT2D eigenvalue weighted by atomic mass is 16.4. The number of carbonyl (C=O) groups is 5. The van der Waals surface area contributed by atoms with Crippen LogP contribution in [0.25, 0.3) is 10.9 Å². The zero-order chi connectivity index (χ0) is 30.1. The third-order valence-corrected chi connectivity index (χ3v) is 6.60. The molecule has 3 rings (SSSR count). The summed E-state index contributed by atoms with van der Waals surface area (Å²) in [5.41, 5.74) is 8.68. The Bertz CT molecular complexity index is 1390. The number of carbonyl (C=O) groups excluding carboxylic acids is 4. The molecule has 0 saturated heterocycles. The number of nitrogens with one attached hydrogen (secondary N) is 5. The number of hydrogen-bond donors (Lipinski definition) is 7. The molecule has 0 bridgehead atoms. The molecule has 1 aromatic heterocycles. The lowest BCUT2D eigenvalue weighted by Crippen LogP contribution is -2.57. The van der Waals surface area contributed by atoms with Gasteiger partial charge in [-0.2, -0.15) is 0 Å². The minimum absolute atomic E-state index is 0.125. The maximum Gasteiger partial charge on any atom is 0.325 e. The molecule has 5 unspecified atom stereocenters. The molecule has 3 aromatic rings. The summed E-state index contributed by atoms with van der Waals surface area (Å²) in [4.78, 5) is 65.5. The quantitative estimate of drug-likeness (QED) is 0.156. The number of aliphatic carboxylic acids is 1. The molecular formula is C29H36N6O6. The number of carboxylic acid groups (broad SMARTS) is 1. The van der Waals surface area contributed by atoms with E-state index in [1.807, 2.05) is 54.6 Å². The predicted molar refractivity (Wildman–Crippen MR) is 153 cm³/mol. The second-order valence-electron chi connectivity index (χ2n) is 9.95. The van der Waals surface area contributed by atoms with Crippen LogP contribution in [0.3, 0.4) is 0 Å². The summed E-state index contributed by atoms with van der Waals surface area (Å²) >= 11 is 0. The van der Waals surface area contributed by atoms with E-state index in [-0.39, 0.29) is 12.8 Å². The Hall–Kier alpha value is -4.71. The molecule has 5 atom stereocenters. The molecule has 2 aromatic carbocycles. The van der Waals surface area contributed by atoms with Gasteiger partial charge in [-0.05, 0) is 44.4 Å². The molecule has 0 radical (unpaired) electrons. The van der Waals surface area contributed by atoms with Gasteiger partial charge in [0.15, 0.2) is 0 Å². The highest BCUT2D eigenvalue weighted by molar-refractivity contribution is 5.95. The zero-order valence-corrected chi connectivity index (χ0v) is 23.1. The van der Waals surface area contributed by atoms with Crippen LogP contribution in [-0.4, -0.2) is 69.9 Å². The highest BCUT2D eigenvalue weighted by Crippen LogP contribution is 2.19. The first kappa shape index (κ1) is 30.8. The lowest BCUT2D eigenvalue weighted by Gasteiger charge is -2.23. The smallest absolute Gasteiger partial charge is 0.325 e. The summed E-state index contributed by atoms with van der Waals surface area (Å²) in [6, 6.07) is 11.5. The van der Waals surface area contributed by atoms with Crippen molar-refractivity contribution in [3.8, 4) is 0 Å². The van der Waals surface area contributed by atoms with E-state index in [0.29, 0.717) is 0 Å². The minimum Gasteiger partial charge on any atom is -0.480 e. The van der Waals surface area contributed by atoms with Crippen LogP contribution in [0.2, 0.25) is 0 Å². The number of hydrogen-bond acceptors (Lipinski definition) is 6. The Morgan fingerprint density at radius 2 is 1.29 bits per heavy atom. The predicted octanol–water partition coefficient (Wildman–Crippen LogP) is 0.364. The molecule has 218 valence electrons. The molecule has 41 heavy (non-hydrogen) atoms. The van der Waals surface area contributed by atoms with Gasteiger partial charge in [-0.25, -0.2) is 0 Å². The van der Waals surface area contributed by atoms with Crippen molar-refractivity contribution in [2.45, 2.75) is 63.8 Å². The summed E-state index contributed by atoms with van der Waals surface area (Å²) < 4.78 is 0. The van der Waals surface area contributed by atoms with Gasteiger partial charge < -0.3 is 37.1 Å². The van der Waals surface area contributed by atoms with E-state index < -0.39 is 59.8 Å². The van der Waals surface area contributed by atoms with E-state index in [2.05, 4.69) is 26.3 Å². The van der Waals surface area contributed by atoms with Crippen molar-refractivity contribution in [2.24, 2.45) is 5.73 Å². The van der Waals surface area contributed by atoms with E-state index in [4.69, 9.17) is 10.8 Å². The number of H-pyrrole nitrogens is 1. The SMILES string of the molecule is CC(NC(=O)C(C)NC(=O)C(C)NC(=O)C(Cc1c[nH]c2ccccc12)NC(=O)C(N)Cc1ccccc1)C(=O)O. The summed E-state index contributed by atoms with van der Waals surface area (Å²) in [5, 5.41) is 19.9. The van der Waals surface area contributed by atoms with Crippen LogP contribution in [0.15, 0.2) is 60.8 Å². The lowest BCUT2D eigenvalue weighted by molar-refractivity contribution is -0.141. The summed E-state index contributed by atoms with van der Waals surface area (Å²) in [6.45, 7) is 4.12. The first-order valence-electron chi connectivity index (χ1n) is 13.2. The van der Waals surface area contributed by atoms with Gasteiger partial charge in [0.05, 0.1) is 6.04 Å². The van der Waals surface area contributed by atoms with Crippen LogP contribution in [0.1, 0.15) is 31.9 Å². The molecule has 12 nitrogen and oxygen atoms in total. The fourth-order valence-corrected chi connectivity index (χ4v) is 4.15. The number of rotatable bonds is 13. The van der Waals surface area contributed by atoms with E-state index in [1.165, 1.54) is 20.8 Å². The molecule has 0 saturated carbocycles. The minimum atomic E-state index is -1.22. The molecule has 4 amide bonds. The van der Waals surface area contributed by atoms with Crippen molar-refractivity contribution in [3.05, 3.63) is 71.9 Å². The summed E-state index contributed by atoms with van der Waals surface area (Å²) in [7, 11) is 0. The highest BCUT2D eigenvalue weighted by Gasteiger charge is 2.29. The number of nitrogens with two attached hydrogens (primary N) is 1. The number of fused-ring (bicyclic) bond motifs is 1. The first-order chi connectivity index (χ1) is 19.5. The monoisotopic (exact) mass is 564 g/mol. The van der Waals surface area contributed by atoms with Gasteiger partial charge in [-0.3, -0.25) is 24.0 Å². The summed E-state index contributed by atoms with van der Waals surface area (Å²) in [5.74, 6) is -3.71. The van der Waals surface area contributed by atoms with E-state index in [0.717, 1.165) is 22.0 Å². The van der Waals surface area contributed by atoms with Gasteiger partial charge in [0.1, 0.15) is 24.2 Å². The molecular weight excluding hydrogens is 528 g/mol. The molecule has 0 aliphatic carbocycles. The Balaban J connectivity index is 1.70. The van der Waals surface area contributed by atoms with Gasteiger partial charge in [-0.1, -0.05) is 48.5 Å². The van der Waals surface area contributed by atoms with Crippen molar-refractivity contribution < 1.29 is 29.1 Å². The molecule has 0 spiro atoms. The second-order valence-corrected chi connectivity index (χ2v) is 9.95. The number of aromatic amines is 1. The van der Waals surface area contributed by atoms with Crippen LogP contribution in [-0.2, 0) is 36.8 Å². The largest absolute Gasteiger partial charge is 0.480 e. The Kier molecular flexibility index (Phi) is 10.6. The van der Waals surface area contributed by atoms with Crippen molar-refractivity contribution >= 4 is 40.5 Å². The average molecular weight is 565 g/mol. The Labute approximate surface area is 237 Å². The van der Waals surface area contributed by atoms with Gasteiger partial charge in [-0.15, -0.1) is 0 Å². The second kappa shape index (κ2) is 14.1. The van der Waals surface area contributed by atoms with Crippen molar-refractivity contribution in [2.75, 3.05) is 0 Å². The number of carboxylic acids is 1. The summed E-state index contributed by atoms with van der Waals surface area (Å²) in [6.07, 6.45) is 2.16. The van der Waals surface area contributed by atoms with Gasteiger partial charge in [0, 0.05) is 23.5 Å². The topological polar surface area (TPSA) is 196 Å². The van der Waals surface area contributed by atoms with Crippen LogP contribution < -0.4 is 27.0 Å². The molecule has 12 heteroatoms. The fraction of sp³-hybridized carbons (Fsp3) is 0.345. The number of amides is 4. The standard InChI is InChI=1S/C29H36N6O6/c1-16(26(37)34-18(3)29(40)41)32-25(36)17(2)33-28(39)24(14-20-15-31-23-12-8-7-11-21(20)23)35-27(38)22(30)13-19-9-5-4-6-10-19/h4-12,15-18,22,24,31H,13-14,30H2,1-3H3,(H,32,36)(H,33,39)(H,34,37)(H,35,38)(H,40,41). The van der Waals surface area contributed by atoms with E-state index in [1.54, 1.807) is 6.20 Å². The molecule has 1 heterocycles. The number of benzene rings is 2. The van der Waals surface area contributed by atoms with Crippen LogP contribution in [0.4, 0.5) is 0 Å². The first-order valence-corrected chi connectivity index (χ1v) is 13.2. The number of aromatic nitrogens is 1. The lowest BCUT2D eigenvalue weighted by atomic mass is 10.0. The van der Waals surface area contributed by atoms with Crippen molar-refractivity contribution in [1.82, 2.24) is 26.3 Å². The van der Waals surface area contributed by atoms with E-state index >= 15 is 0 Å². The van der Waals surface area contributed by atoms with Crippen LogP contribution in [0.5, 0.6) is 0 Å².